The molecule has 2 rings (SSSR count). The summed E-state index contributed by atoms with van der Waals surface area (Å²) in [5, 5.41) is 18.7. The molecule has 2 nitrogen and oxygen atoms in total. The van der Waals surface area contributed by atoms with Gasteiger partial charge in [-0.2, -0.15) is 0 Å². The van der Waals surface area contributed by atoms with Gasteiger partial charge in [0, 0.05) is 6.07 Å². The van der Waals surface area contributed by atoms with E-state index in [-0.39, 0.29) is 11.5 Å². The molecule has 2 heteroatoms. The van der Waals surface area contributed by atoms with E-state index in [1.54, 1.807) is 12.1 Å². The topological polar surface area (TPSA) is 40.5 Å². The molecule has 0 unspecified atom stereocenters. The molecule has 0 atom stereocenters. The van der Waals surface area contributed by atoms with Crippen LogP contribution in [0.5, 0.6) is 11.5 Å². The number of allylic oxidation sites excluding steroid dienone is 1. The predicted molar refractivity (Wildman–Crippen MR) is 69.0 cm³/mol. The van der Waals surface area contributed by atoms with Crippen molar-refractivity contribution in [2.45, 2.75) is 6.42 Å². The van der Waals surface area contributed by atoms with Crippen LogP contribution in [-0.4, -0.2) is 10.2 Å². The van der Waals surface area contributed by atoms with Crippen LogP contribution in [0.4, 0.5) is 0 Å². The molecule has 0 radical (unpaired) electrons. The van der Waals surface area contributed by atoms with E-state index < -0.39 is 0 Å². The van der Waals surface area contributed by atoms with Crippen LogP contribution in [0.3, 0.4) is 0 Å². The molecule has 0 fully saturated rings. The van der Waals surface area contributed by atoms with Gasteiger partial charge in [-0.05, 0) is 29.7 Å². The zero-order chi connectivity index (χ0) is 12.1. The molecule has 0 saturated heterocycles. The fourth-order valence-corrected chi connectivity index (χ4v) is 1.67. The maximum Gasteiger partial charge on any atom is 0.119 e. The molecule has 0 aliphatic carbocycles. The highest BCUT2D eigenvalue weighted by atomic mass is 16.3. The van der Waals surface area contributed by atoms with E-state index in [0.717, 1.165) is 11.1 Å². The average molecular weight is 226 g/mol. The highest BCUT2D eigenvalue weighted by molar-refractivity contribution is 5.49. The Morgan fingerprint density at radius 2 is 1.53 bits per heavy atom. The second kappa shape index (κ2) is 5.21. The SMILES string of the molecule is Oc1cc(O)cc(C/C=C/c2ccccc2)c1. The third kappa shape index (κ3) is 3.38. The van der Waals surface area contributed by atoms with E-state index in [1.165, 1.54) is 6.07 Å². The van der Waals surface area contributed by atoms with Gasteiger partial charge in [0.15, 0.2) is 0 Å². The first-order chi connectivity index (χ1) is 8.24. The monoisotopic (exact) mass is 226 g/mol. The van der Waals surface area contributed by atoms with Crippen molar-refractivity contribution in [3.63, 3.8) is 0 Å². The first kappa shape index (κ1) is 11.3. The third-order valence-corrected chi connectivity index (χ3v) is 2.43. The zero-order valence-electron chi connectivity index (χ0n) is 9.38. The summed E-state index contributed by atoms with van der Waals surface area (Å²) in [6.45, 7) is 0. The number of benzene rings is 2. The lowest BCUT2D eigenvalue weighted by atomic mass is 10.1. The number of rotatable bonds is 3. The molecule has 0 bridgehead atoms. The Labute approximate surface area is 100 Å². The quantitative estimate of drug-likeness (QED) is 0.842. The minimum atomic E-state index is 0.0908. The van der Waals surface area contributed by atoms with Crippen LogP contribution in [-0.2, 0) is 6.42 Å². The first-order valence-electron chi connectivity index (χ1n) is 5.47. The summed E-state index contributed by atoms with van der Waals surface area (Å²) in [5.74, 6) is 0.182. The van der Waals surface area contributed by atoms with E-state index >= 15 is 0 Å². The maximum atomic E-state index is 9.33. The Morgan fingerprint density at radius 3 is 2.18 bits per heavy atom. The summed E-state index contributed by atoms with van der Waals surface area (Å²) in [5.41, 5.74) is 2.02. The molecular formula is C15H14O2. The molecule has 2 N–H and O–H groups in total. The van der Waals surface area contributed by atoms with Crippen LogP contribution in [0, 0.1) is 0 Å². The molecule has 0 spiro atoms. The van der Waals surface area contributed by atoms with Crippen molar-refractivity contribution >= 4 is 6.08 Å². The van der Waals surface area contributed by atoms with Gasteiger partial charge in [0.05, 0.1) is 0 Å². The van der Waals surface area contributed by atoms with Crippen molar-refractivity contribution in [1.82, 2.24) is 0 Å². The Morgan fingerprint density at radius 1 is 0.882 bits per heavy atom. The van der Waals surface area contributed by atoms with Crippen molar-refractivity contribution in [3.05, 3.63) is 65.7 Å². The fourth-order valence-electron chi connectivity index (χ4n) is 1.67. The molecule has 2 aromatic carbocycles. The van der Waals surface area contributed by atoms with Crippen LogP contribution in [0.1, 0.15) is 11.1 Å². The molecular weight excluding hydrogens is 212 g/mol. The Balaban J connectivity index is 2.05. The normalized spacial score (nSPS) is 10.8. The van der Waals surface area contributed by atoms with Gasteiger partial charge in [0.2, 0.25) is 0 Å². The van der Waals surface area contributed by atoms with Gasteiger partial charge >= 0.3 is 0 Å². The molecule has 86 valence electrons. The predicted octanol–water partition coefficient (Wildman–Crippen LogP) is 3.35. The smallest absolute Gasteiger partial charge is 0.119 e. The summed E-state index contributed by atoms with van der Waals surface area (Å²) in [6, 6.07) is 14.6. The van der Waals surface area contributed by atoms with E-state index in [2.05, 4.69) is 0 Å². The van der Waals surface area contributed by atoms with Crippen molar-refractivity contribution in [2.75, 3.05) is 0 Å². The standard InChI is InChI=1S/C15H14O2/c16-14-9-13(10-15(17)11-14)8-4-7-12-5-2-1-3-6-12/h1-7,9-11,16-17H,8H2/b7-4+. The van der Waals surface area contributed by atoms with Crippen LogP contribution in [0.2, 0.25) is 0 Å². The number of hydrogen-bond acceptors (Lipinski definition) is 2. The lowest BCUT2D eigenvalue weighted by molar-refractivity contribution is 0.449. The van der Waals surface area contributed by atoms with Gasteiger partial charge in [-0.3, -0.25) is 0 Å². The molecule has 0 aliphatic heterocycles. The lowest BCUT2D eigenvalue weighted by Crippen LogP contribution is -1.80. The highest BCUT2D eigenvalue weighted by Gasteiger charge is 1.96. The van der Waals surface area contributed by atoms with E-state index in [1.807, 2.05) is 42.5 Å². The Kier molecular flexibility index (Phi) is 3.46. The highest BCUT2D eigenvalue weighted by Crippen LogP contribution is 2.20. The number of aromatic hydroxyl groups is 2. The van der Waals surface area contributed by atoms with E-state index in [9.17, 15) is 10.2 Å². The summed E-state index contributed by atoms with van der Waals surface area (Å²) >= 11 is 0. The summed E-state index contributed by atoms with van der Waals surface area (Å²) in [7, 11) is 0. The van der Waals surface area contributed by atoms with Crippen LogP contribution < -0.4 is 0 Å². The number of phenols is 2. The molecule has 0 aromatic heterocycles. The molecule has 2 aromatic rings. The molecule has 0 aliphatic rings. The molecule has 0 amide bonds. The third-order valence-electron chi connectivity index (χ3n) is 2.43. The number of phenolic OH excluding ortho intramolecular Hbond substituents is 2. The fraction of sp³-hybridized carbons (Fsp3) is 0.0667. The van der Waals surface area contributed by atoms with Gasteiger partial charge in [0.1, 0.15) is 11.5 Å². The minimum absolute atomic E-state index is 0.0908. The molecule has 0 heterocycles. The Hall–Kier alpha value is -2.22. The zero-order valence-corrected chi connectivity index (χ0v) is 9.38. The summed E-state index contributed by atoms with van der Waals surface area (Å²) in [4.78, 5) is 0. The minimum Gasteiger partial charge on any atom is -0.508 e. The van der Waals surface area contributed by atoms with Crippen molar-refractivity contribution < 1.29 is 10.2 Å². The van der Waals surface area contributed by atoms with Crippen molar-refractivity contribution in [1.29, 1.82) is 0 Å². The van der Waals surface area contributed by atoms with Crippen molar-refractivity contribution in [2.24, 2.45) is 0 Å². The largest absolute Gasteiger partial charge is 0.508 e. The van der Waals surface area contributed by atoms with Gasteiger partial charge in [-0.25, -0.2) is 0 Å². The van der Waals surface area contributed by atoms with Crippen LogP contribution in [0.15, 0.2) is 54.6 Å². The molecule has 17 heavy (non-hydrogen) atoms. The first-order valence-corrected chi connectivity index (χ1v) is 5.47. The van der Waals surface area contributed by atoms with Gasteiger partial charge in [-0.15, -0.1) is 0 Å². The van der Waals surface area contributed by atoms with Crippen molar-refractivity contribution in [3.8, 4) is 11.5 Å². The van der Waals surface area contributed by atoms with Crippen LogP contribution in [0.25, 0.3) is 6.08 Å². The second-order valence-corrected chi connectivity index (χ2v) is 3.87. The van der Waals surface area contributed by atoms with Crippen LogP contribution >= 0.6 is 0 Å². The second-order valence-electron chi connectivity index (χ2n) is 3.87. The number of hydrogen-bond donors (Lipinski definition) is 2. The summed E-state index contributed by atoms with van der Waals surface area (Å²) in [6.07, 6.45) is 4.70. The van der Waals surface area contributed by atoms with E-state index in [4.69, 9.17) is 0 Å². The average Bonchev–Trinajstić information content (AvgIpc) is 2.29. The van der Waals surface area contributed by atoms with Gasteiger partial charge < -0.3 is 10.2 Å². The maximum absolute atomic E-state index is 9.33. The summed E-state index contributed by atoms with van der Waals surface area (Å²) < 4.78 is 0. The molecule has 0 saturated carbocycles. The Bertz CT molecular complexity index is 495. The van der Waals surface area contributed by atoms with Gasteiger partial charge in [-0.1, -0.05) is 42.5 Å². The lowest BCUT2D eigenvalue weighted by Gasteiger charge is -2.00. The van der Waals surface area contributed by atoms with E-state index in [0.29, 0.717) is 6.42 Å². The van der Waals surface area contributed by atoms with Gasteiger partial charge in [0.25, 0.3) is 0 Å².